The Bertz CT molecular complexity index is 1280. The van der Waals surface area contributed by atoms with Crippen molar-refractivity contribution < 1.29 is 9.59 Å². The molecule has 2 N–H and O–H groups in total. The van der Waals surface area contributed by atoms with Crippen LogP contribution < -0.4 is 10.6 Å². The predicted molar refractivity (Wildman–Crippen MR) is 128 cm³/mol. The summed E-state index contributed by atoms with van der Waals surface area (Å²) in [5, 5.41) is 9.96. The molecule has 0 bridgehead atoms. The van der Waals surface area contributed by atoms with Crippen molar-refractivity contribution in [3.63, 3.8) is 0 Å². The monoisotopic (exact) mass is 455 g/mol. The maximum absolute atomic E-state index is 13.0. The highest BCUT2D eigenvalue weighted by Gasteiger charge is 2.31. The number of hydrogen-bond acceptors (Lipinski definition) is 6. The van der Waals surface area contributed by atoms with Gasteiger partial charge in [0.1, 0.15) is 17.6 Å². The fraction of sp³-hybridized carbons (Fsp3) is 0.200. The minimum atomic E-state index is -1.24. The van der Waals surface area contributed by atoms with Crippen LogP contribution >= 0.6 is 0 Å². The van der Waals surface area contributed by atoms with Crippen LogP contribution in [0.15, 0.2) is 73.2 Å². The Morgan fingerprint density at radius 3 is 2.41 bits per heavy atom. The van der Waals surface area contributed by atoms with Gasteiger partial charge in [0.15, 0.2) is 5.82 Å². The van der Waals surface area contributed by atoms with Crippen LogP contribution in [0.25, 0.3) is 11.4 Å². The molecule has 0 radical (unpaired) electrons. The van der Waals surface area contributed by atoms with Crippen molar-refractivity contribution in [1.82, 2.24) is 30.0 Å². The van der Waals surface area contributed by atoms with E-state index in [-0.39, 0.29) is 11.6 Å². The number of rotatable bonds is 7. The molecule has 34 heavy (non-hydrogen) atoms. The second kappa shape index (κ2) is 9.62. The second-order valence-electron chi connectivity index (χ2n) is 8.40. The third kappa shape index (κ3) is 5.32. The molecule has 9 nitrogen and oxygen atoms in total. The van der Waals surface area contributed by atoms with Crippen molar-refractivity contribution in [2.45, 2.75) is 32.9 Å². The molecule has 9 heteroatoms. The molecule has 0 atom stereocenters. The van der Waals surface area contributed by atoms with Crippen LogP contribution in [-0.4, -0.2) is 42.1 Å². The predicted octanol–water partition coefficient (Wildman–Crippen LogP) is 3.24. The summed E-state index contributed by atoms with van der Waals surface area (Å²) >= 11 is 0. The van der Waals surface area contributed by atoms with E-state index in [9.17, 15) is 9.59 Å². The van der Waals surface area contributed by atoms with E-state index >= 15 is 0 Å². The zero-order chi connectivity index (χ0) is 24.1. The number of carbonyl (C=O) groups excluding carboxylic acids is 2. The molecule has 4 aromatic rings. The first-order chi connectivity index (χ1) is 16.3. The maximum Gasteiger partial charge on any atom is 0.270 e. The Balaban J connectivity index is 1.57. The minimum absolute atomic E-state index is 0.154. The molecular weight excluding hydrogens is 430 g/mol. The van der Waals surface area contributed by atoms with Crippen molar-refractivity contribution >= 4 is 17.8 Å². The average molecular weight is 456 g/mol. The molecule has 0 aliphatic carbocycles. The highest BCUT2D eigenvalue weighted by molar-refractivity contribution is 6.02. The number of benzene rings is 2. The fourth-order valence-corrected chi connectivity index (χ4v) is 3.27. The lowest BCUT2D eigenvalue weighted by Gasteiger charge is -2.24. The summed E-state index contributed by atoms with van der Waals surface area (Å²) in [6, 6.07) is 19.3. The Morgan fingerprint density at radius 2 is 1.74 bits per heavy atom. The van der Waals surface area contributed by atoms with E-state index in [1.54, 1.807) is 18.5 Å². The number of hydrogen-bond donors (Lipinski definition) is 2. The molecule has 4 rings (SSSR count). The molecule has 0 fully saturated rings. The third-order valence-electron chi connectivity index (χ3n) is 5.19. The van der Waals surface area contributed by atoms with Crippen molar-refractivity contribution in [3.05, 3.63) is 90.0 Å². The first kappa shape index (κ1) is 22.8. The molecule has 0 saturated heterocycles. The summed E-state index contributed by atoms with van der Waals surface area (Å²) in [7, 11) is 0. The first-order valence-electron chi connectivity index (χ1n) is 10.8. The standard InChI is InChI=1S/C25H25N7O2/c1-17-9-11-19(12-10-17)21-28-24(31-32(21)15-18-7-5-4-6-8-18)29-23(34)25(2,3)30-22(33)20-13-14-26-16-27-20/h4-14,16H,15H2,1-3H3,(H,30,33)(H,29,31,34). The normalized spacial score (nSPS) is 11.1. The number of amides is 2. The van der Waals surface area contributed by atoms with Gasteiger partial charge >= 0.3 is 0 Å². The van der Waals surface area contributed by atoms with Crippen molar-refractivity contribution in [2.24, 2.45) is 0 Å². The maximum atomic E-state index is 13.0. The van der Waals surface area contributed by atoms with Gasteiger partial charge in [-0.25, -0.2) is 14.6 Å². The Labute approximate surface area is 197 Å². The molecule has 2 aromatic heterocycles. The summed E-state index contributed by atoms with van der Waals surface area (Å²) < 4.78 is 1.75. The van der Waals surface area contributed by atoms with Crippen LogP contribution in [0.1, 0.15) is 35.5 Å². The minimum Gasteiger partial charge on any atom is -0.337 e. The average Bonchev–Trinajstić information content (AvgIpc) is 3.22. The molecule has 2 amide bonds. The Hall–Kier alpha value is -4.40. The highest BCUT2D eigenvalue weighted by atomic mass is 16.2. The van der Waals surface area contributed by atoms with E-state index < -0.39 is 17.4 Å². The smallest absolute Gasteiger partial charge is 0.270 e. The summed E-state index contributed by atoms with van der Waals surface area (Å²) in [4.78, 5) is 37.8. The van der Waals surface area contributed by atoms with Crippen LogP contribution in [0.3, 0.4) is 0 Å². The van der Waals surface area contributed by atoms with Gasteiger partial charge in [0.25, 0.3) is 11.8 Å². The van der Waals surface area contributed by atoms with Crippen LogP contribution in [-0.2, 0) is 11.3 Å². The van der Waals surface area contributed by atoms with E-state index in [4.69, 9.17) is 0 Å². The molecule has 2 aromatic carbocycles. The number of anilines is 1. The highest BCUT2D eigenvalue weighted by Crippen LogP contribution is 2.21. The van der Waals surface area contributed by atoms with Crippen LogP contribution in [0, 0.1) is 6.92 Å². The van der Waals surface area contributed by atoms with Crippen LogP contribution in [0.4, 0.5) is 5.95 Å². The lowest BCUT2D eigenvalue weighted by Crippen LogP contribution is -2.52. The van der Waals surface area contributed by atoms with Gasteiger partial charge in [-0.15, -0.1) is 5.10 Å². The fourth-order valence-electron chi connectivity index (χ4n) is 3.27. The number of aryl methyl sites for hydroxylation is 1. The molecule has 0 aliphatic heterocycles. The zero-order valence-electron chi connectivity index (χ0n) is 19.2. The van der Waals surface area contributed by atoms with Gasteiger partial charge in [-0.05, 0) is 32.4 Å². The summed E-state index contributed by atoms with van der Waals surface area (Å²) in [6.07, 6.45) is 2.74. The third-order valence-corrected chi connectivity index (χ3v) is 5.19. The first-order valence-corrected chi connectivity index (χ1v) is 10.8. The second-order valence-corrected chi connectivity index (χ2v) is 8.40. The van der Waals surface area contributed by atoms with Gasteiger partial charge in [0, 0.05) is 11.8 Å². The van der Waals surface area contributed by atoms with E-state index in [0.29, 0.717) is 12.4 Å². The lowest BCUT2D eigenvalue weighted by molar-refractivity contribution is -0.121. The van der Waals surface area contributed by atoms with Crippen LogP contribution in [0.2, 0.25) is 0 Å². The van der Waals surface area contributed by atoms with Gasteiger partial charge < -0.3 is 5.32 Å². The lowest BCUT2D eigenvalue weighted by atomic mass is 10.0. The topological polar surface area (TPSA) is 115 Å². The molecule has 2 heterocycles. The van der Waals surface area contributed by atoms with Crippen molar-refractivity contribution in [1.29, 1.82) is 0 Å². The SMILES string of the molecule is Cc1ccc(-c2nc(NC(=O)C(C)(C)NC(=O)c3ccncn3)nn2Cc2ccccc2)cc1. The summed E-state index contributed by atoms with van der Waals surface area (Å²) in [6.45, 7) is 5.70. The molecule has 0 saturated carbocycles. The van der Waals surface area contributed by atoms with Gasteiger partial charge in [-0.2, -0.15) is 4.98 Å². The van der Waals surface area contributed by atoms with Gasteiger partial charge in [0.05, 0.1) is 6.54 Å². The largest absolute Gasteiger partial charge is 0.337 e. The van der Waals surface area contributed by atoms with Crippen molar-refractivity contribution in [2.75, 3.05) is 5.32 Å². The van der Waals surface area contributed by atoms with E-state index in [1.165, 1.54) is 18.6 Å². The number of carbonyl (C=O) groups is 2. The molecular formula is C25H25N7O2. The Kier molecular flexibility index (Phi) is 6.44. The molecule has 0 unspecified atom stereocenters. The van der Waals surface area contributed by atoms with E-state index in [0.717, 1.165) is 16.7 Å². The van der Waals surface area contributed by atoms with E-state index in [1.807, 2.05) is 61.5 Å². The van der Waals surface area contributed by atoms with Gasteiger partial charge in [0.2, 0.25) is 5.95 Å². The summed E-state index contributed by atoms with van der Waals surface area (Å²) in [5.41, 5.74) is 1.99. The number of nitrogens with zero attached hydrogens (tertiary/aromatic N) is 5. The molecule has 172 valence electrons. The number of nitrogens with one attached hydrogen (secondary N) is 2. The zero-order valence-corrected chi connectivity index (χ0v) is 19.2. The summed E-state index contributed by atoms with van der Waals surface area (Å²) in [5.74, 6) is -0.157. The Morgan fingerprint density at radius 1 is 1.00 bits per heavy atom. The van der Waals surface area contributed by atoms with E-state index in [2.05, 4.69) is 30.7 Å². The molecule has 0 aliphatic rings. The molecule has 0 spiro atoms. The van der Waals surface area contributed by atoms with Crippen LogP contribution in [0.5, 0.6) is 0 Å². The van der Waals surface area contributed by atoms with Gasteiger partial charge in [-0.3, -0.25) is 14.9 Å². The number of aromatic nitrogens is 5. The van der Waals surface area contributed by atoms with Crippen molar-refractivity contribution in [3.8, 4) is 11.4 Å². The van der Waals surface area contributed by atoms with Gasteiger partial charge in [-0.1, -0.05) is 60.2 Å². The quantitative estimate of drug-likeness (QED) is 0.442.